The first-order valence-electron chi connectivity index (χ1n) is 21.7. The predicted octanol–water partition coefficient (Wildman–Crippen LogP) is -1.83. The third-order valence-corrected chi connectivity index (χ3v) is 11.5. The van der Waals surface area contributed by atoms with E-state index in [1.807, 2.05) is 0 Å². The van der Waals surface area contributed by atoms with Crippen molar-refractivity contribution in [3.63, 3.8) is 0 Å². The van der Waals surface area contributed by atoms with E-state index in [4.69, 9.17) is 22.0 Å². The maximum atomic E-state index is 13.9. The summed E-state index contributed by atoms with van der Waals surface area (Å²) in [6.45, 7) is 3.92. The monoisotopic (exact) mass is 910 g/mol. The normalized spacial score (nSPS) is 19.0. The van der Waals surface area contributed by atoms with Gasteiger partial charge in [-0.1, -0.05) is 26.0 Å². The van der Waals surface area contributed by atoms with Crippen molar-refractivity contribution in [3.05, 3.63) is 48.0 Å². The fraction of sp³-hybridized carbons (Fsp3) is 0.571. The minimum absolute atomic E-state index is 0.00100. The van der Waals surface area contributed by atoms with Crippen LogP contribution >= 0.6 is 0 Å². The van der Waals surface area contributed by atoms with Crippen LogP contribution in [0.1, 0.15) is 76.5 Å². The van der Waals surface area contributed by atoms with E-state index in [0.29, 0.717) is 37.8 Å². The number of nitrogens with zero attached hydrogens (tertiary/aromatic N) is 2. The highest BCUT2D eigenvalue weighted by Gasteiger charge is 2.41. The number of aliphatic carboxylic acids is 2. The first-order valence-corrected chi connectivity index (χ1v) is 21.7. The number of nitrogens with one attached hydrogen (secondary N) is 8. The first kappa shape index (κ1) is 50.9. The SMILES string of the molecule is CC(C)[C@H](NC(=O)[C@H](CCCNC(=N)N)NC(=O)[C@@H](N)CC(=O)O)C(=O)N[C@@H](CCc1ccc(O)cc1)C(=O)NC[C@H]1C[C@@H](C(=O)N[C@@H](Cc2c[nH]cn2)C(=O)N2CCC[C@H]2C(=O)O)C1. The van der Waals surface area contributed by atoms with Gasteiger partial charge < -0.3 is 68.6 Å². The Balaban J connectivity index is 1.40. The minimum Gasteiger partial charge on any atom is -0.508 e. The Labute approximate surface area is 375 Å². The van der Waals surface area contributed by atoms with E-state index in [9.17, 15) is 48.6 Å². The van der Waals surface area contributed by atoms with Gasteiger partial charge in [0, 0.05) is 38.2 Å². The fourth-order valence-electron chi connectivity index (χ4n) is 7.72. The highest BCUT2D eigenvalue weighted by atomic mass is 16.4. The molecule has 2 aliphatic rings. The van der Waals surface area contributed by atoms with Gasteiger partial charge in [-0.15, -0.1) is 0 Å². The molecule has 1 aromatic carbocycles. The molecule has 1 aliphatic carbocycles. The molecule has 65 heavy (non-hydrogen) atoms. The highest BCUT2D eigenvalue weighted by molar-refractivity contribution is 5.96. The topological polar surface area (TPSA) is 377 Å². The number of hydrogen-bond acceptors (Lipinski definition) is 12. The molecular weight excluding hydrogens is 849 g/mol. The summed E-state index contributed by atoms with van der Waals surface area (Å²) >= 11 is 0. The number of phenols is 1. The highest BCUT2D eigenvalue weighted by Crippen LogP contribution is 2.33. The number of carbonyl (C=O) groups is 8. The van der Waals surface area contributed by atoms with Crippen molar-refractivity contribution in [2.75, 3.05) is 19.6 Å². The Morgan fingerprint density at radius 2 is 1.57 bits per heavy atom. The molecule has 0 spiro atoms. The number of aromatic nitrogens is 2. The summed E-state index contributed by atoms with van der Waals surface area (Å²) < 4.78 is 0. The second-order valence-corrected chi connectivity index (χ2v) is 16.9. The molecule has 2 aromatic rings. The number of nitrogens with two attached hydrogens (primary N) is 2. The number of rotatable bonds is 25. The van der Waals surface area contributed by atoms with Crippen LogP contribution in [0.4, 0.5) is 0 Å². The molecule has 356 valence electrons. The molecule has 1 saturated heterocycles. The number of phenolic OH excluding ortho intramolecular Hbond substituents is 1. The van der Waals surface area contributed by atoms with Crippen LogP contribution in [0.5, 0.6) is 5.75 Å². The van der Waals surface area contributed by atoms with Gasteiger partial charge in [-0.3, -0.25) is 39.0 Å². The summed E-state index contributed by atoms with van der Waals surface area (Å²) in [5.41, 5.74) is 12.4. The van der Waals surface area contributed by atoms with Crippen LogP contribution in [-0.2, 0) is 51.2 Å². The summed E-state index contributed by atoms with van der Waals surface area (Å²) in [7, 11) is 0. The summed E-state index contributed by atoms with van der Waals surface area (Å²) in [5, 5.41) is 52.0. The van der Waals surface area contributed by atoms with Gasteiger partial charge in [-0.25, -0.2) is 9.78 Å². The molecule has 1 aromatic heterocycles. The van der Waals surface area contributed by atoms with Crippen LogP contribution in [-0.4, -0.2) is 139 Å². The number of likely N-dealkylation sites (tertiary alicyclic amines) is 1. The third-order valence-electron chi connectivity index (χ3n) is 11.5. The second kappa shape index (κ2) is 24.3. The van der Waals surface area contributed by atoms with Crippen LogP contribution in [0, 0.1) is 23.2 Å². The molecule has 2 heterocycles. The van der Waals surface area contributed by atoms with E-state index in [1.54, 1.807) is 32.2 Å². The number of amides is 6. The number of imidazole rings is 1. The molecule has 23 nitrogen and oxygen atoms in total. The van der Waals surface area contributed by atoms with Crippen LogP contribution < -0.4 is 43.4 Å². The zero-order chi connectivity index (χ0) is 47.8. The zero-order valence-corrected chi connectivity index (χ0v) is 36.5. The summed E-state index contributed by atoms with van der Waals surface area (Å²) in [6, 6.07) is -0.724. The molecule has 0 bridgehead atoms. The number of benzene rings is 1. The van der Waals surface area contributed by atoms with E-state index >= 15 is 0 Å². The Kier molecular flexibility index (Phi) is 19.0. The van der Waals surface area contributed by atoms with Crippen LogP contribution in [0.15, 0.2) is 36.8 Å². The molecular formula is C42H62N12O11. The van der Waals surface area contributed by atoms with Gasteiger partial charge in [0.1, 0.15) is 36.0 Å². The molecule has 1 aliphatic heterocycles. The minimum atomic E-state index is -1.46. The number of aryl methyl sites for hydroxylation is 1. The van der Waals surface area contributed by atoms with E-state index < -0.39 is 96.0 Å². The summed E-state index contributed by atoms with van der Waals surface area (Å²) in [6.07, 6.45) is 4.66. The van der Waals surface area contributed by atoms with Crippen LogP contribution in [0.2, 0.25) is 0 Å². The Morgan fingerprint density at radius 3 is 2.18 bits per heavy atom. The number of carboxylic acids is 2. The standard InChI is InChI=1S/C42H62N12O11/c1-22(2)34(53-38(61)29(5-3-13-47-42(44)45)50-36(59)28(43)18-33(56)57)39(62)51-30(12-9-23-7-10-27(55)11-8-23)37(60)48-19-24-15-25(16-24)35(58)52-31(17-26-20-46-21-49-26)40(63)54-14-4-6-32(54)41(64)65/h7-8,10-11,20-22,24-25,28-32,34,55H,3-6,9,12-19,43H2,1-2H3,(H,46,49)(H,48,60)(H,50,59)(H,51,62)(H,52,58)(H,53,61)(H,56,57)(H,64,65)(H4,44,45,47)/t24-,25+,28-,29-,30-,31-,32-,34-/m0/s1. The molecule has 15 N–H and O–H groups in total. The van der Waals surface area contributed by atoms with Gasteiger partial charge in [-0.05, 0) is 80.9 Å². The number of carboxylic acid groups (broad SMARTS) is 2. The van der Waals surface area contributed by atoms with Crippen molar-refractivity contribution in [3.8, 4) is 5.75 Å². The van der Waals surface area contributed by atoms with E-state index in [1.165, 1.54) is 23.4 Å². The average molecular weight is 911 g/mol. The molecule has 1 saturated carbocycles. The maximum Gasteiger partial charge on any atom is 0.326 e. The van der Waals surface area contributed by atoms with E-state index in [0.717, 1.165) is 5.56 Å². The summed E-state index contributed by atoms with van der Waals surface area (Å²) in [4.78, 5) is 112. The number of H-pyrrole nitrogens is 1. The van der Waals surface area contributed by atoms with Crippen LogP contribution in [0.3, 0.4) is 0 Å². The lowest BCUT2D eigenvalue weighted by Gasteiger charge is -2.36. The van der Waals surface area contributed by atoms with Gasteiger partial charge in [0.05, 0.1) is 24.5 Å². The number of aromatic hydroxyl groups is 1. The van der Waals surface area contributed by atoms with Gasteiger partial charge >= 0.3 is 11.9 Å². The lowest BCUT2D eigenvalue weighted by atomic mass is 9.74. The van der Waals surface area contributed by atoms with Gasteiger partial charge in [0.2, 0.25) is 35.4 Å². The Hall–Kier alpha value is -6.78. The smallest absolute Gasteiger partial charge is 0.326 e. The number of guanidine groups is 1. The van der Waals surface area contributed by atoms with Crippen molar-refractivity contribution in [1.82, 2.24) is 46.8 Å². The lowest BCUT2D eigenvalue weighted by molar-refractivity contribution is -0.149. The molecule has 6 amide bonds. The van der Waals surface area contributed by atoms with Crippen molar-refractivity contribution in [2.24, 2.45) is 29.2 Å². The predicted molar refractivity (Wildman–Crippen MR) is 232 cm³/mol. The quantitative estimate of drug-likeness (QED) is 0.0296. The molecule has 0 unspecified atom stereocenters. The largest absolute Gasteiger partial charge is 0.508 e. The molecule has 6 atom stereocenters. The van der Waals surface area contributed by atoms with E-state index in [-0.39, 0.29) is 68.9 Å². The summed E-state index contributed by atoms with van der Waals surface area (Å²) in [5.74, 6) is -7.61. The second-order valence-electron chi connectivity index (χ2n) is 16.9. The average Bonchev–Trinajstić information content (AvgIpc) is 3.94. The third kappa shape index (κ3) is 15.8. The van der Waals surface area contributed by atoms with Crippen molar-refractivity contribution in [2.45, 2.75) is 114 Å². The van der Waals surface area contributed by atoms with Crippen molar-refractivity contribution >= 4 is 53.3 Å². The van der Waals surface area contributed by atoms with Crippen LogP contribution in [0.25, 0.3) is 0 Å². The van der Waals surface area contributed by atoms with Crippen molar-refractivity contribution < 1.29 is 53.7 Å². The van der Waals surface area contributed by atoms with Gasteiger partial charge in [0.25, 0.3) is 0 Å². The molecule has 4 rings (SSSR count). The molecule has 2 fully saturated rings. The van der Waals surface area contributed by atoms with Gasteiger partial charge in [-0.2, -0.15) is 0 Å². The van der Waals surface area contributed by atoms with Gasteiger partial charge in [0.15, 0.2) is 5.96 Å². The molecule has 23 heteroatoms. The first-order chi connectivity index (χ1) is 30.8. The van der Waals surface area contributed by atoms with Crippen molar-refractivity contribution in [1.29, 1.82) is 5.41 Å². The Bertz CT molecular complexity index is 1990. The fourth-order valence-corrected chi connectivity index (χ4v) is 7.72. The number of hydrogen-bond donors (Lipinski definition) is 13. The zero-order valence-electron chi connectivity index (χ0n) is 36.5. The number of aromatic amines is 1. The molecule has 0 radical (unpaired) electrons. The number of carbonyl (C=O) groups excluding carboxylic acids is 6. The lowest BCUT2D eigenvalue weighted by Crippen LogP contribution is -2.59. The van der Waals surface area contributed by atoms with E-state index in [2.05, 4.69) is 41.9 Å². The maximum absolute atomic E-state index is 13.9. The Morgan fingerprint density at radius 1 is 0.892 bits per heavy atom.